The summed E-state index contributed by atoms with van der Waals surface area (Å²) in [6.07, 6.45) is 8.51. The average molecular weight is 787 g/mol. The molecule has 0 saturated carbocycles. The largest absolute Gasteiger partial charge is 0.522 e. The first-order valence-corrected chi connectivity index (χ1v) is 21.1. The Labute approximate surface area is 236 Å². The van der Waals surface area contributed by atoms with Gasteiger partial charge in [-0.25, -0.2) is 0 Å². The number of rotatable bonds is 10. The topological polar surface area (TPSA) is 43.4 Å². The Kier molecular flexibility index (Phi) is 26.8. The molecule has 0 unspecified atom stereocenters. The normalized spacial score (nSPS) is 12.6. The third-order valence-corrected chi connectivity index (χ3v) is 20.2. The maximum absolute atomic E-state index is 12.3. The van der Waals surface area contributed by atoms with Gasteiger partial charge in [-0.1, -0.05) is 83.1 Å². The van der Waals surface area contributed by atoms with E-state index in [1.165, 1.54) is 37.0 Å². The van der Waals surface area contributed by atoms with E-state index in [0.717, 1.165) is 22.4 Å². The molecule has 0 aliphatic carbocycles. The van der Waals surface area contributed by atoms with Crippen LogP contribution in [0.2, 0.25) is 0 Å². The second-order valence-corrected chi connectivity index (χ2v) is 25.0. The van der Waals surface area contributed by atoms with Gasteiger partial charge in [0.1, 0.15) is 0 Å². The molecule has 0 bridgehead atoms. The fourth-order valence-corrected chi connectivity index (χ4v) is 17.3. The van der Waals surface area contributed by atoms with Crippen LogP contribution in [-0.2, 0) is 35.1 Å². The zero-order chi connectivity index (χ0) is 27.1. The Morgan fingerprint density at radius 2 is 0.912 bits per heavy atom. The van der Waals surface area contributed by atoms with Crippen molar-refractivity contribution in [1.82, 2.24) is 0 Å². The van der Waals surface area contributed by atoms with Crippen LogP contribution in [0.25, 0.3) is 0 Å². The molecule has 0 aliphatic rings. The van der Waals surface area contributed by atoms with Crippen LogP contribution in [0.5, 0.6) is 0 Å². The van der Waals surface area contributed by atoms with E-state index in [9.17, 15) is 21.6 Å². The van der Waals surface area contributed by atoms with Crippen LogP contribution in [0.3, 0.4) is 0 Å². The number of hydrogen-bond donors (Lipinski definition) is 0. The molecule has 0 heterocycles. The third kappa shape index (κ3) is 25.8. The monoisotopic (exact) mass is 786 g/mol. The summed E-state index contributed by atoms with van der Waals surface area (Å²) in [4.78, 5) is 0. The standard InChI is InChI=1S/C9H18F3O3S3Si.2C6H15P.Pt/c1-7(2,3)16-19(17-8(4,5)6)15-18(13,14)9(10,11)12;2*1-4-7(5-2)6-3;/h1-6H3;2*4-6H2,1-3H3;. The maximum atomic E-state index is 12.3. The molecule has 3 nitrogen and oxygen atoms in total. The quantitative estimate of drug-likeness (QED) is 0.126. The van der Waals surface area contributed by atoms with Gasteiger partial charge in [0.05, 0.1) is 0 Å². The van der Waals surface area contributed by atoms with Gasteiger partial charge in [0.2, 0.25) is 0 Å². The Hall–Kier alpha value is 2.17. The fourth-order valence-electron chi connectivity index (χ4n) is 2.03. The number of alkyl halides is 3. The average Bonchev–Trinajstić information content (AvgIpc) is 2.61. The van der Waals surface area contributed by atoms with Crippen LogP contribution in [0, 0.1) is 0 Å². The van der Waals surface area contributed by atoms with Crippen molar-refractivity contribution < 1.29 is 46.5 Å². The zero-order valence-corrected chi connectivity index (χ0v) is 30.5. The van der Waals surface area contributed by atoms with Crippen LogP contribution < -0.4 is 0 Å². The molecule has 0 aromatic rings. The molecule has 0 fully saturated rings. The van der Waals surface area contributed by atoms with E-state index < -0.39 is 23.0 Å². The minimum absolute atomic E-state index is 0. The van der Waals surface area contributed by atoms with Crippen molar-refractivity contribution in [1.29, 1.82) is 0 Å². The Bertz CT molecular complexity index is 542. The van der Waals surface area contributed by atoms with Crippen molar-refractivity contribution in [3.63, 3.8) is 0 Å². The van der Waals surface area contributed by atoms with Gasteiger partial charge in [-0.2, -0.15) is 21.6 Å². The van der Waals surface area contributed by atoms with Gasteiger partial charge in [-0.05, 0) is 37.0 Å². The fraction of sp³-hybridized carbons (Fsp3) is 1.00. The van der Waals surface area contributed by atoms with E-state index >= 15 is 0 Å². The van der Waals surface area contributed by atoms with Gasteiger partial charge >= 0.3 is 23.0 Å². The van der Waals surface area contributed by atoms with Gasteiger partial charge in [0.15, 0.2) is 0 Å². The molecule has 34 heavy (non-hydrogen) atoms. The summed E-state index contributed by atoms with van der Waals surface area (Å²) in [6.45, 7) is 24.5. The van der Waals surface area contributed by atoms with E-state index in [2.05, 4.69) is 45.4 Å². The number of halogens is 3. The molecule has 0 N–H and O–H groups in total. The van der Waals surface area contributed by atoms with Crippen LogP contribution in [0.4, 0.5) is 13.2 Å². The van der Waals surface area contributed by atoms with E-state index in [1.54, 1.807) is 41.5 Å². The van der Waals surface area contributed by atoms with Crippen LogP contribution in [0.1, 0.15) is 83.1 Å². The Balaban J connectivity index is -0.000000247. The van der Waals surface area contributed by atoms with Crippen LogP contribution in [-0.4, -0.2) is 67.7 Å². The van der Waals surface area contributed by atoms with Gasteiger partial charge < -0.3 is 0 Å². The molecule has 0 saturated heterocycles. The molecule has 0 aromatic heterocycles. The molecule has 0 amide bonds. The van der Waals surface area contributed by atoms with Gasteiger partial charge in [-0.15, -0.1) is 38.3 Å². The smallest absolute Gasteiger partial charge is 0.282 e. The maximum Gasteiger partial charge on any atom is 0.522 e. The van der Waals surface area contributed by atoms with E-state index in [4.69, 9.17) is 0 Å². The molecule has 1 radical (unpaired) electrons. The summed E-state index contributed by atoms with van der Waals surface area (Å²) in [5.74, 6) is 0. The third-order valence-electron chi connectivity index (χ3n) is 3.92. The molecule has 0 rings (SSSR count). The summed E-state index contributed by atoms with van der Waals surface area (Å²) in [6, 6.07) is 0. The SMILES string of the molecule is CC(C)(C)S[Si](OS(=O)(=O)C(F)(F)F)SC(C)(C)C.CCP(CC)CC.CCP(CC)CC.[Pt]. The van der Waals surface area contributed by atoms with Gasteiger partial charge in [0.25, 0.3) is 0 Å². The first-order chi connectivity index (χ1) is 14.7. The molecule has 13 heteroatoms. The molecular weight excluding hydrogens is 739 g/mol. The molecule has 213 valence electrons. The second-order valence-electron chi connectivity index (χ2n) is 8.90. The van der Waals surface area contributed by atoms with Crippen molar-refractivity contribution in [3.8, 4) is 0 Å². The van der Waals surface area contributed by atoms with E-state index in [1.807, 2.05) is 0 Å². The van der Waals surface area contributed by atoms with Crippen molar-refractivity contribution in [2.75, 3.05) is 37.0 Å². The Morgan fingerprint density at radius 1 is 0.676 bits per heavy atom. The first-order valence-electron chi connectivity index (χ1n) is 11.4. The zero-order valence-electron chi connectivity index (χ0n) is 23.0. The summed E-state index contributed by atoms with van der Waals surface area (Å²) in [5.41, 5.74) is -5.38. The minimum atomic E-state index is -5.54. The second kappa shape index (κ2) is 21.0. The van der Waals surface area contributed by atoms with Crippen LogP contribution in [0.15, 0.2) is 0 Å². The molecule has 0 spiro atoms. The first kappa shape index (κ1) is 43.2. The number of hydrogen-bond acceptors (Lipinski definition) is 5. The van der Waals surface area contributed by atoms with Gasteiger partial charge in [-0.3, -0.25) is 3.87 Å². The predicted octanol–water partition coefficient (Wildman–Crippen LogP) is 8.95. The molecule has 0 aromatic carbocycles. The van der Waals surface area contributed by atoms with Crippen molar-refractivity contribution in [2.24, 2.45) is 0 Å². The van der Waals surface area contributed by atoms with Crippen molar-refractivity contribution >= 4 is 55.7 Å². The van der Waals surface area contributed by atoms with Crippen LogP contribution >= 0.6 is 38.3 Å². The molecular formula is C21H48F3O3P2PtS3Si. The van der Waals surface area contributed by atoms with Gasteiger partial charge in [0, 0.05) is 30.6 Å². The summed E-state index contributed by atoms with van der Waals surface area (Å²) >= 11 is 2.27. The van der Waals surface area contributed by atoms with Crippen molar-refractivity contribution in [2.45, 2.75) is 98.1 Å². The molecule has 0 aliphatic heterocycles. The summed E-state index contributed by atoms with van der Waals surface area (Å²) in [5, 5.41) is 0. The molecule has 0 atom stereocenters. The Morgan fingerprint density at radius 3 is 1.03 bits per heavy atom. The summed E-state index contributed by atoms with van der Waals surface area (Å²) < 4.78 is 62.9. The van der Waals surface area contributed by atoms with E-state index in [0.29, 0.717) is 15.8 Å². The minimum Gasteiger partial charge on any atom is -0.282 e. The predicted molar refractivity (Wildman–Crippen MR) is 154 cm³/mol. The summed E-state index contributed by atoms with van der Waals surface area (Å²) in [7, 11) is -6.92. The van der Waals surface area contributed by atoms with Crippen molar-refractivity contribution in [3.05, 3.63) is 0 Å². The van der Waals surface area contributed by atoms with E-state index in [-0.39, 0.29) is 30.6 Å².